The highest BCUT2D eigenvalue weighted by molar-refractivity contribution is 5.59. The van der Waals surface area contributed by atoms with Gasteiger partial charge in [0.25, 0.3) is 0 Å². The molecule has 3 rings (SSSR count). The molecule has 0 radical (unpaired) electrons. The maximum Gasteiger partial charge on any atom is 0.185 e. The molecule has 2 heteroatoms. The van der Waals surface area contributed by atoms with Gasteiger partial charge in [-0.25, -0.2) is 9.90 Å². The van der Waals surface area contributed by atoms with Gasteiger partial charge in [-0.15, -0.1) is 0 Å². The number of hydrogen-bond donors (Lipinski definition) is 0. The van der Waals surface area contributed by atoms with Gasteiger partial charge in [-0.3, -0.25) is 0 Å². The summed E-state index contributed by atoms with van der Waals surface area (Å²) in [5.74, 6) is 0. The fourth-order valence-electron chi connectivity index (χ4n) is 1.52. The van der Waals surface area contributed by atoms with E-state index in [9.17, 15) is 0 Å². The van der Waals surface area contributed by atoms with E-state index in [2.05, 4.69) is 18.2 Å². The van der Waals surface area contributed by atoms with Gasteiger partial charge in [0.15, 0.2) is 6.23 Å². The van der Waals surface area contributed by atoms with Crippen LogP contribution in [0.15, 0.2) is 24.3 Å². The van der Waals surface area contributed by atoms with Gasteiger partial charge in [-0.05, 0) is 11.6 Å². The van der Waals surface area contributed by atoms with Crippen molar-refractivity contribution in [2.45, 2.75) is 12.6 Å². The van der Waals surface area contributed by atoms with Crippen LogP contribution in [0.4, 0.5) is 5.69 Å². The number of benzene rings is 1. The lowest BCUT2D eigenvalue weighted by Gasteiger charge is -1.98. The Hall–Kier alpha value is -1.02. The lowest BCUT2D eigenvalue weighted by molar-refractivity contribution is 0.386. The SMILES string of the molecule is c1ccc2c(c1)CC1ON21. The first-order chi connectivity index (χ1) is 4.95. The molecule has 0 spiro atoms. The Morgan fingerprint density at radius 1 is 1.40 bits per heavy atom. The maximum absolute atomic E-state index is 5.21. The van der Waals surface area contributed by atoms with Crippen LogP contribution >= 0.6 is 0 Å². The smallest absolute Gasteiger partial charge is 0.185 e. The van der Waals surface area contributed by atoms with E-state index in [0.29, 0.717) is 6.23 Å². The second-order valence-electron chi connectivity index (χ2n) is 2.72. The van der Waals surface area contributed by atoms with E-state index in [-0.39, 0.29) is 0 Å². The summed E-state index contributed by atoms with van der Waals surface area (Å²) in [6.07, 6.45) is 1.44. The Kier molecular flexibility index (Phi) is 0.640. The molecule has 2 aliphatic heterocycles. The van der Waals surface area contributed by atoms with Crippen molar-refractivity contribution in [3.63, 3.8) is 0 Å². The van der Waals surface area contributed by atoms with Crippen molar-refractivity contribution in [1.82, 2.24) is 0 Å². The molecule has 50 valence electrons. The van der Waals surface area contributed by atoms with E-state index >= 15 is 0 Å². The van der Waals surface area contributed by atoms with Crippen LogP contribution < -0.4 is 5.06 Å². The van der Waals surface area contributed by atoms with Gasteiger partial charge in [0.1, 0.15) is 0 Å². The highest BCUT2D eigenvalue weighted by Gasteiger charge is 2.44. The zero-order valence-corrected chi connectivity index (χ0v) is 5.45. The molecule has 0 N–H and O–H groups in total. The van der Waals surface area contributed by atoms with Gasteiger partial charge in [0.2, 0.25) is 0 Å². The monoisotopic (exact) mass is 133 g/mol. The van der Waals surface area contributed by atoms with Crippen molar-refractivity contribution in [1.29, 1.82) is 0 Å². The van der Waals surface area contributed by atoms with Crippen LogP contribution in [0.5, 0.6) is 0 Å². The molecule has 2 nitrogen and oxygen atoms in total. The molecule has 1 fully saturated rings. The van der Waals surface area contributed by atoms with Crippen LogP contribution in [0.2, 0.25) is 0 Å². The summed E-state index contributed by atoms with van der Waals surface area (Å²) in [5, 5.41) is 1.97. The minimum Gasteiger partial charge on any atom is -0.243 e. The minimum atomic E-state index is 0.373. The highest BCUT2D eigenvalue weighted by atomic mass is 16.8. The number of fused-ring (bicyclic) bond motifs is 3. The fourth-order valence-corrected chi connectivity index (χ4v) is 1.52. The minimum absolute atomic E-state index is 0.373. The first-order valence-electron chi connectivity index (χ1n) is 3.49. The average molecular weight is 133 g/mol. The molecule has 10 heavy (non-hydrogen) atoms. The molecular weight excluding hydrogens is 126 g/mol. The van der Waals surface area contributed by atoms with Crippen LogP contribution in [0.1, 0.15) is 5.56 Å². The molecule has 0 amide bonds. The molecule has 1 aromatic carbocycles. The molecular formula is C8H7NO. The van der Waals surface area contributed by atoms with Crippen LogP contribution in [-0.4, -0.2) is 6.23 Å². The first kappa shape index (κ1) is 4.74. The van der Waals surface area contributed by atoms with E-state index in [4.69, 9.17) is 4.84 Å². The van der Waals surface area contributed by atoms with Crippen LogP contribution in [0, 0.1) is 0 Å². The molecule has 1 unspecified atom stereocenters. The zero-order valence-electron chi connectivity index (χ0n) is 5.45. The lowest BCUT2D eigenvalue weighted by atomic mass is 10.2. The normalized spacial score (nSPS) is 26.0. The van der Waals surface area contributed by atoms with Crippen LogP contribution in [-0.2, 0) is 11.3 Å². The second-order valence-corrected chi connectivity index (χ2v) is 2.72. The van der Waals surface area contributed by atoms with Crippen LogP contribution in [0.3, 0.4) is 0 Å². The van der Waals surface area contributed by atoms with Crippen molar-refractivity contribution >= 4 is 5.69 Å². The van der Waals surface area contributed by atoms with E-state index in [1.165, 1.54) is 11.3 Å². The first-order valence-corrected chi connectivity index (χ1v) is 3.49. The van der Waals surface area contributed by atoms with Gasteiger partial charge in [-0.1, -0.05) is 18.2 Å². The molecule has 0 saturated carbocycles. The highest BCUT2D eigenvalue weighted by Crippen LogP contribution is 2.41. The fraction of sp³-hybridized carbons (Fsp3) is 0.250. The average Bonchev–Trinajstić information content (AvgIpc) is 2.64. The number of hydroxylamine groups is 1. The van der Waals surface area contributed by atoms with Gasteiger partial charge < -0.3 is 0 Å². The molecule has 1 saturated heterocycles. The molecule has 0 aliphatic carbocycles. The van der Waals surface area contributed by atoms with Crippen molar-refractivity contribution in [2.75, 3.05) is 5.06 Å². The third-order valence-electron chi connectivity index (χ3n) is 2.07. The summed E-state index contributed by atoms with van der Waals surface area (Å²) < 4.78 is 0. The molecule has 2 heterocycles. The summed E-state index contributed by atoms with van der Waals surface area (Å²) in [5.41, 5.74) is 2.67. The number of rotatable bonds is 0. The van der Waals surface area contributed by atoms with Crippen molar-refractivity contribution in [3.8, 4) is 0 Å². The Morgan fingerprint density at radius 3 is 3.20 bits per heavy atom. The van der Waals surface area contributed by atoms with Crippen molar-refractivity contribution in [3.05, 3.63) is 29.8 Å². The van der Waals surface area contributed by atoms with E-state index in [1.807, 2.05) is 11.1 Å². The molecule has 2 aliphatic rings. The van der Waals surface area contributed by atoms with E-state index in [1.54, 1.807) is 0 Å². The summed E-state index contributed by atoms with van der Waals surface area (Å²) in [4.78, 5) is 5.21. The standard InChI is InChI=1S/C8H7NO/c1-2-4-7-6(3-1)5-8-9(7)10-8/h1-4,8H,5H2. The summed E-state index contributed by atoms with van der Waals surface area (Å²) in [7, 11) is 0. The number of nitrogens with zero attached hydrogens (tertiary/aromatic N) is 1. The molecule has 1 aromatic rings. The third kappa shape index (κ3) is 0.434. The lowest BCUT2D eigenvalue weighted by Crippen LogP contribution is -1.87. The van der Waals surface area contributed by atoms with Crippen molar-refractivity contribution in [2.24, 2.45) is 0 Å². The third-order valence-corrected chi connectivity index (χ3v) is 2.07. The van der Waals surface area contributed by atoms with Crippen molar-refractivity contribution < 1.29 is 4.84 Å². The molecule has 0 aromatic heterocycles. The number of para-hydroxylation sites is 1. The molecule has 1 atom stereocenters. The predicted molar refractivity (Wildman–Crippen MR) is 37.5 cm³/mol. The topological polar surface area (TPSA) is 15.5 Å². The predicted octanol–water partition coefficient (Wildman–Crippen LogP) is 1.32. The largest absolute Gasteiger partial charge is 0.243 e. The number of anilines is 1. The Balaban J connectivity index is 2.22. The van der Waals surface area contributed by atoms with Crippen LogP contribution in [0.25, 0.3) is 0 Å². The van der Waals surface area contributed by atoms with Gasteiger partial charge >= 0.3 is 0 Å². The number of hydrogen-bond acceptors (Lipinski definition) is 2. The Morgan fingerprint density at radius 2 is 2.30 bits per heavy atom. The van der Waals surface area contributed by atoms with Gasteiger partial charge in [0.05, 0.1) is 5.69 Å². The maximum atomic E-state index is 5.21. The summed E-state index contributed by atoms with van der Waals surface area (Å²) in [6.45, 7) is 0. The quantitative estimate of drug-likeness (QED) is 0.496. The zero-order chi connectivity index (χ0) is 6.55. The second kappa shape index (κ2) is 1.35. The Labute approximate surface area is 59.0 Å². The summed E-state index contributed by atoms with van der Waals surface area (Å²) >= 11 is 0. The summed E-state index contributed by atoms with van der Waals surface area (Å²) in [6, 6.07) is 8.38. The van der Waals surface area contributed by atoms with E-state index in [0.717, 1.165) is 6.42 Å². The Bertz CT molecular complexity index is 284. The molecule has 0 bridgehead atoms. The van der Waals surface area contributed by atoms with E-state index < -0.39 is 0 Å². The van der Waals surface area contributed by atoms with Gasteiger partial charge in [-0.2, -0.15) is 0 Å². The van der Waals surface area contributed by atoms with Gasteiger partial charge in [0, 0.05) is 6.42 Å².